The highest BCUT2D eigenvalue weighted by Gasteiger charge is 2.22. The van der Waals surface area contributed by atoms with E-state index >= 15 is 0 Å². The summed E-state index contributed by atoms with van der Waals surface area (Å²) in [5.41, 5.74) is 0.962. The van der Waals surface area contributed by atoms with Gasteiger partial charge in [-0.3, -0.25) is 4.68 Å². The van der Waals surface area contributed by atoms with E-state index < -0.39 is 0 Å². The highest BCUT2D eigenvalue weighted by atomic mass is 16.3. The van der Waals surface area contributed by atoms with Crippen LogP contribution in [0.4, 0.5) is 0 Å². The summed E-state index contributed by atoms with van der Waals surface area (Å²) in [6, 6.07) is 0.370. The van der Waals surface area contributed by atoms with Gasteiger partial charge < -0.3 is 5.11 Å². The third-order valence-corrected chi connectivity index (χ3v) is 3.08. The molecule has 0 amide bonds. The van der Waals surface area contributed by atoms with Gasteiger partial charge in [-0.2, -0.15) is 5.10 Å². The standard InChI is InChI=1S/C12H20N2O/c1-9(2)14-8-11(7-13-14)12(15)6-5-10-3-4-10/h7-10,12,15H,3-6H2,1-2H3. The van der Waals surface area contributed by atoms with Gasteiger partial charge in [0.15, 0.2) is 0 Å². The van der Waals surface area contributed by atoms with Gasteiger partial charge in [-0.05, 0) is 32.6 Å². The number of rotatable bonds is 5. The van der Waals surface area contributed by atoms with Crippen LogP contribution in [0.3, 0.4) is 0 Å². The Morgan fingerprint density at radius 2 is 2.27 bits per heavy atom. The minimum atomic E-state index is -0.321. The lowest BCUT2D eigenvalue weighted by Crippen LogP contribution is -2.01. The lowest BCUT2D eigenvalue weighted by molar-refractivity contribution is 0.162. The second-order valence-electron chi connectivity index (χ2n) is 4.88. The van der Waals surface area contributed by atoms with Crippen molar-refractivity contribution in [3.8, 4) is 0 Å². The maximum Gasteiger partial charge on any atom is 0.0820 e. The first-order valence-corrected chi connectivity index (χ1v) is 5.89. The molecule has 1 aliphatic carbocycles. The molecule has 1 aromatic heterocycles. The van der Waals surface area contributed by atoms with E-state index in [1.54, 1.807) is 6.20 Å². The average molecular weight is 208 g/mol. The Bertz CT molecular complexity index is 315. The van der Waals surface area contributed by atoms with Crippen molar-refractivity contribution in [1.82, 2.24) is 9.78 Å². The van der Waals surface area contributed by atoms with Crippen LogP contribution in [0.5, 0.6) is 0 Å². The van der Waals surface area contributed by atoms with Gasteiger partial charge in [-0.1, -0.05) is 12.8 Å². The normalized spacial score (nSPS) is 18.4. The number of nitrogens with zero attached hydrogens (tertiary/aromatic N) is 2. The summed E-state index contributed by atoms with van der Waals surface area (Å²) in [5, 5.41) is 14.2. The fraction of sp³-hybridized carbons (Fsp3) is 0.750. The molecule has 0 radical (unpaired) electrons. The summed E-state index contributed by atoms with van der Waals surface area (Å²) in [6.45, 7) is 4.18. The molecule has 1 heterocycles. The van der Waals surface area contributed by atoms with Crippen molar-refractivity contribution < 1.29 is 5.11 Å². The molecule has 1 aromatic rings. The van der Waals surface area contributed by atoms with E-state index in [1.165, 1.54) is 12.8 Å². The molecule has 1 N–H and O–H groups in total. The third-order valence-electron chi connectivity index (χ3n) is 3.08. The minimum Gasteiger partial charge on any atom is -0.388 e. The van der Waals surface area contributed by atoms with Crippen LogP contribution in [0.25, 0.3) is 0 Å². The molecule has 0 saturated heterocycles. The fourth-order valence-corrected chi connectivity index (χ4v) is 1.77. The Morgan fingerprint density at radius 1 is 1.53 bits per heavy atom. The molecule has 1 saturated carbocycles. The number of hydrogen-bond donors (Lipinski definition) is 1. The van der Waals surface area contributed by atoms with Gasteiger partial charge in [0.2, 0.25) is 0 Å². The van der Waals surface area contributed by atoms with E-state index in [0.717, 1.165) is 24.3 Å². The summed E-state index contributed by atoms with van der Waals surface area (Å²) in [4.78, 5) is 0. The van der Waals surface area contributed by atoms with Gasteiger partial charge in [0, 0.05) is 17.8 Å². The Balaban J connectivity index is 1.88. The van der Waals surface area contributed by atoms with E-state index in [-0.39, 0.29) is 6.10 Å². The number of aromatic nitrogens is 2. The van der Waals surface area contributed by atoms with E-state index in [0.29, 0.717) is 6.04 Å². The topological polar surface area (TPSA) is 38.0 Å². The third kappa shape index (κ3) is 2.81. The quantitative estimate of drug-likeness (QED) is 0.808. The second kappa shape index (κ2) is 4.35. The zero-order valence-electron chi connectivity index (χ0n) is 9.56. The van der Waals surface area contributed by atoms with Crippen molar-refractivity contribution in [2.75, 3.05) is 0 Å². The van der Waals surface area contributed by atoms with Crippen molar-refractivity contribution in [3.63, 3.8) is 0 Å². The number of aliphatic hydroxyl groups is 1. The summed E-state index contributed by atoms with van der Waals surface area (Å²) < 4.78 is 1.90. The molecule has 1 atom stereocenters. The minimum absolute atomic E-state index is 0.321. The summed E-state index contributed by atoms with van der Waals surface area (Å²) in [6.07, 6.45) is 8.19. The van der Waals surface area contributed by atoms with Gasteiger partial charge in [0.1, 0.15) is 0 Å². The number of hydrogen-bond acceptors (Lipinski definition) is 2. The first kappa shape index (κ1) is 10.7. The molecule has 0 aliphatic heterocycles. The highest BCUT2D eigenvalue weighted by molar-refractivity contribution is 5.08. The Morgan fingerprint density at radius 3 is 2.80 bits per heavy atom. The molecule has 1 fully saturated rings. The highest BCUT2D eigenvalue weighted by Crippen LogP contribution is 2.35. The molecule has 0 spiro atoms. The molecular weight excluding hydrogens is 188 g/mol. The first-order valence-electron chi connectivity index (χ1n) is 5.89. The van der Waals surface area contributed by atoms with Crippen molar-refractivity contribution in [2.24, 2.45) is 5.92 Å². The molecule has 3 heteroatoms. The van der Waals surface area contributed by atoms with Crippen LogP contribution in [0.2, 0.25) is 0 Å². The zero-order valence-corrected chi connectivity index (χ0v) is 9.56. The molecular formula is C12H20N2O. The summed E-state index contributed by atoms with van der Waals surface area (Å²) >= 11 is 0. The van der Waals surface area contributed by atoms with Crippen molar-refractivity contribution in [3.05, 3.63) is 18.0 Å². The molecule has 2 rings (SSSR count). The lowest BCUT2D eigenvalue weighted by atomic mass is 10.1. The van der Waals surface area contributed by atoms with Crippen LogP contribution in [0.1, 0.15) is 57.2 Å². The first-order chi connectivity index (χ1) is 7.16. The molecule has 0 aromatic carbocycles. The Labute approximate surface area is 91.1 Å². The SMILES string of the molecule is CC(C)n1cc(C(O)CCC2CC2)cn1. The number of aliphatic hydroxyl groups excluding tert-OH is 1. The smallest absolute Gasteiger partial charge is 0.0820 e. The molecule has 84 valence electrons. The predicted molar refractivity (Wildman–Crippen MR) is 59.5 cm³/mol. The monoisotopic (exact) mass is 208 g/mol. The molecule has 1 aliphatic rings. The van der Waals surface area contributed by atoms with Crippen LogP contribution in [-0.2, 0) is 0 Å². The lowest BCUT2D eigenvalue weighted by Gasteiger charge is -2.07. The van der Waals surface area contributed by atoms with E-state index in [4.69, 9.17) is 0 Å². The van der Waals surface area contributed by atoms with Crippen molar-refractivity contribution in [1.29, 1.82) is 0 Å². The Hall–Kier alpha value is -0.830. The zero-order chi connectivity index (χ0) is 10.8. The van der Waals surface area contributed by atoms with Gasteiger partial charge >= 0.3 is 0 Å². The summed E-state index contributed by atoms with van der Waals surface area (Å²) in [5.74, 6) is 0.889. The second-order valence-corrected chi connectivity index (χ2v) is 4.88. The Kier molecular flexibility index (Phi) is 3.10. The van der Waals surface area contributed by atoms with E-state index in [9.17, 15) is 5.11 Å². The van der Waals surface area contributed by atoms with Crippen molar-refractivity contribution >= 4 is 0 Å². The maximum atomic E-state index is 9.94. The van der Waals surface area contributed by atoms with Gasteiger partial charge in [-0.15, -0.1) is 0 Å². The van der Waals surface area contributed by atoms with E-state index in [2.05, 4.69) is 18.9 Å². The van der Waals surface area contributed by atoms with Crippen LogP contribution in [0, 0.1) is 5.92 Å². The molecule has 0 bridgehead atoms. The van der Waals surface area contributed by atoms with Crippen LogP contribution in [-0.4, -0.2) is 14.9 Å². The fourth-order valence-electron chi connectivity index (χ4n) is 1.77. The van der Waals surface area contributed by atoms with Gasteiger partial charge in [0.25, 0.3) is 0 Å². The maximum absolute atomic E-state index is 9.94. The van der Waals surface area contributed by atoms with Crippen LogP contribution < -0.4 is 0 Å². The predicted octanol–water partition coefficient (Wildman–Crippen LogP) is 2.69. The molecule has 1 unspecified atom stereocenters. The molecule has 3 nitrogen and oxygen atoms in total. The van der Waals surface area contributed by atoms with Crippen LogP contribution in [0.15, 0.2) is 12.4 Å². The average Bonchev–Trinajstić information content (AvgIpc) is 2.88. The summed E-state index contributed by atoms with van der Waals surface area (Å²) in [7, 11) is 0. The van der Waals surface area contributed by atoms with Crippen molar-refractivity contribution in [2.45, 2.75) is 51.7 Å². The largest absolute Gasteiger partial charge is 0.388 e. The molecule has 15 heavy (non-hydrogen) atoms. The van der Waals surface area contributed by atoms with Gasteiger partial charge in [-0.25, -0.2) is 0 Å². The van der Waals surface area contributed by atoms with Gasteiger partial charge in [0.05, 0.1) is 12.3 Å². The van der Waals surface area contributed by atoms with E-state index in [1.807, 2.05) is 10.9 Å². The van der Waals surface area contributed by atoms with Crippen LogP contribution >= 0.6 is 0 Å².